The van der Waals surface area contributed by atoms with Crippen LogP contribution < -0.4 is 35.9 Å². The van der Waals surface area contributed by atoms with Gasteiger partial charge in [0, 0.05) is 6.54 Å². The Kier molecular flexibility index (Phi) is 11.1. The van der Waals surface area contributed by atoms with Crippen LogP contribution in [0.2, 0.25) is 0 Å². The number of imidazole rings is 1. The summed E-state index contributed by atoms with van der Waals surface area (Å²) in [6.45, 7) is 0.409. The summed E-state index contributed by atoms with van der Waals surface area (Å²) < 4.78 is 51.7. The smallest absolute Gasteiger partial charge is 0.320 e. The molecule has 22 heteroatoms. The summed E-state index contributed by atoms with van der Waals surface area (Å²) in [6, 6.07) is -0.469. The number of phosphoric acid groups is 3. The van der Waals surface area contributed by atoms with Gasteiger partial charge in [-0.15, -0.1) is 0 Å². The van der Waals surface area contributed by atoms with Crippen LogP contribution in [-0.4, -0.2) is 51.4 Å². The van der Waals surface area contributed by atoms with Crippen molar-refractivity contribution in [3.63, 3.8) is 0 Å². The first-order valence-corrected chi connectivity index (χ1v) is 16.0. The van der Waals surface area contributed by atoms with Gasteiger partial charge in [0.25, 0.3) is 15.6 Å². The van der Waals surface area contributed by atoms with Gasteiger partial charge in [-0.25, -0.2) is 24.1 Å². The zero-order chi connectivity index (χ0) is 28.7. The van der Waals surface area contributed by atoms with Crippen LogP contribution in [0, 0.1) is 0 Å². The van der Waals surface area contributed by atoms with Crippen molar-refractivity contribution in [1.29, 1.82) is 0 Å². The fraction of sp³-hybridized carbons (Fsp3) is 0.647. The van der Waals surface area contributed by atoms with Crippen LogP contribution in [0.25, 0.3) is 11.2 Å². The number of fused-ring (bicyclic) bond motifs is 1. The minimum atomic E-state index is -6.08. The zero-order valence-corrected chi connectivity index (χ0v) is 23.0. The van der Waals surface area contributed by atoms with Crippen molar-refractivity contribution in [2.75, 3.05) is 25.0 Å². The minimum Gasteiger partial charge on any atom is -0.790 e. The molecule has 2 aromatic rings. The minimum absolute atomic E-state index is 0.159. The van der Waals surface area contributed by atoms with Gasteiger partial charge in [0.05, 0.1) is 26.9 Å². The van der Waals surface area contributed by atoms with E-state index in [1.165, 1.54) is 17.2 Å². The largest absolute Gasteiger partial charge is 0.790 e. The number of rotatable bonds is 15. The molecule has 4 atom stereocenters. The molecule has 1 fully saturated rings. The van der Waals surface area contributed by atoms with Crippen LogP contribution in [-0.2, 0) is 31.6 Å². The van der Waals surface area contributed by atoms with Gasteiger partial charge in [0.1, 0.15) is 12.6 Å². The third-order valence-corrected chi connectivity index (χ3v) is 8.89. The van der Waals surface area contributed by atoms with E-state index < -0.39 is 48.4 Å². The molecule has 2 aromatic heterocycles. The first kappa shape index (κ1) is 31.7. The number of aromatic nitrogens is 4. The molecular weight excluding hydrogens is 587 g/mol. The van der Waals surface area contributed by atoms with Crippen molar-refractivity contribution >= 4 is 46.5 Å². The van der Waals surface area contributed by atoms with Gasteiger partial charge >= 0.3 is 6.03 Å². The topological polar surface area (TPSA) is 291 Å². The summed E-state index contributed by atoms with van der Waals surface area (Å²) in [7, 11) is -17.8. The molecule has 3 heterocycles. The lowest BCUT2D eigenvalue weighted by Gasteiger charge is -2.37. The second kappa shape index (κ2) is 13.7. The molecule has 0 aromatic carbocycles. The average Bonchev–Trinajstić information content (AvgIpc) is 3.45. The highest BCUT2D eigenvalue weighted by atomic mass is 31.3. The van der Waals surface area contributed by atoms with Gasteiger partial charge in [0.2, 0.25) is 0 Å². The van der Waals surface area contributed by atoms with Crippen molar-refractivity contribution < 1.29 is 55.9 Å². The highest BCUT2D eigenvalue weighted by molar-refractivity contribution is 7.64. The molecule has 0 spiro atoms. The molecule has 1 aliphatic heterocycles. The molecule has 39 heavy (non-hydrogen) atoms. The van der Waals surface area contributed by atoms with Crippen molar-refractivity contribution in [2.45, 2.75) is 50.9 Å². The van der Waals surface area contributed by atoms with E-state index in [-0.39, 0.29) is 17.8 Å². The maximum atomic E-state index is 12.2. The third-order valence-electron chi connectivity index (χ3n) is 5.22. The number of carbonyl (C=O) groups is 1. The van der Waals surface area contributed by atoms with E-state index in [2.05, 4.69) is 38.7 Å². The second-order valence-electron chi connectivity index (χ2n) is 8.22. The number of ether oxygens (including phenoxy) is 1. The standard InChI is InChI=1S/C17H30N7O12P3/c18-7-3-1-2-4-8-19-17(25)23-15-14-16(21-10-20-15)24(11-22-14)13-6-5-12(34-13)9-33-38(29,30)36-39(31,32)35-37(26,27)28/h10-13H,1-9,18H2,(H,29,30)(H,31,32)(H2,26,27,28)(H2,19,20,21,23,25)/p-4/t12-,13+/m0/s1. The Labute approximate surface area is 221 Å². The zero-order valence-electron chi connectivity index (χ0n) is 20.3. The number of nitrogens with zero attached hydrogens (tertiary/aromatic N) is 4. The summed E-state index contributed by atoms with van der Waals surface area (Å²) in [5, 5.41) is 5.34. The Morgan fingerprint density at radius 1 is 1.05 bits per heavy atom. The molecule has 2 amide bonds. The van der Waals surface area contributed by atoms with E-state index in [0.29, 0.717) is 25.2 Å². The van der Waals surface area contributed by atoms with Crippen molar-refractivity contribution in [3.05, 3.63) is 12.7 Å². The number of hydrogen-bond acceptors (Lipinski definition) is 16. The van der Waals surface area contributed by atoms with Crippen LogP contribution in [0.5, 0.6) is 0 Å². The first-order chi connectivity index (χ1) is 18.3. The average molecular weight is 613 g/mol. The molecule has 0 bridgehead atoms. The molecule has 3 rings (SSSR count). The maximum Gasteiger partial charge on any atom is 0.320 e. The van der Waals surface area contributed by atoms with Gasteiger partial charge in [-0.3, -0.25) is 23.3 Å². The maximum absolute atomic E-state index is 12.2. The predicted octanol–water partition coefficient (Wildman–Crippen LogP) is -1.04. The summed E-state index contributed by atoms with van der Waals surface area (Å²) in [4.78, 5) is 68.5. The van der Waals surface area contributed by atoms with E-state index in [1.54, 1.807) is 0 Å². The van der Waals surface area contributed by atoms with Crippen LogP contribution >= 0.6 is 23.5 Å². The number of hydrogen-bond donors (Lipinski definition) is 3. The highest BCUT2D eigenvalue weighted by Gasteiger charge is 2.31. The molecule has 4 N–H and O–H groups in total. The second-order valence-corrected chi connectivity index (χ2v) is 12.5. The number of unbranched alkanes of at least 4 members (excludes halogenated alkanes) is 3. The van der Waals surface area contributed by atoms with E-state index in [0.717, 1.165) is 25.7 Å². The normalized spacial score (nSPS) is 20.9. The summed E-state index contributed by atoms with van der Waals surface area (Å²) in [6.07, 6.45) is 5.33. The molecule has 1 saturated heterocycles. The van der Waals surface area contributed by atoms with Gasteiger partial charge < -0.3 is 44.4 Å². The van der Waals surface area contributed by atoms with Crippen molar-refractivity contribution in [3.8, 4) is 0 Å². The van der Waals surface area contributed by atoms with Gasteiger partial charge in [-0.1, -0.05) is 12.8 Å². The molecular formula is C17H26N7O12P3-4. The van der Waals surface area contributed by atoms with Crippen molar-refractivity contribution in [2.24, 2.45) is 5.73 Å². The molecule has 0 radical (unpaired) electrons. The fourth-order valence-corrected chi connectivity index (χ4v) is 6.49. The summed E-state index contributed by atoms with van der Waals surface area (Å²) >= 11 is 0. The molecule has 220 valence electrons. The van der Waals surface area contributed by atoms with Crippen LogP contribution in [0.4, 0.5) is 10.6 Å². The Hall–Kier alpha value is -1.85. The molecule has 0 aliphatic carbocycles. The molecule has 19 nitrogen and oxygen atoms in total. The number of carbonyl (C=O) groups excluding carboxylic acids is 1. The monoisotopic (exact) mass is 613 g/mol. The quantitative estimate of drug-likeness (QED) is 0.160. The lowest BCUT2D eigenvalue weighted by Crippen LogP contribution is -2.30. The highest BCUT2D eigenvalue weighted by Crippen LogP contribution is 2.60. The van der Waals surface area contributed by atoms with E-state index in [9.17, 15) is 38.1 Å². The van der Waals surface area contributed by atoms with Gasteiger partial charge in [-0.2, -0.15) is 0 Å². The molecule has 2 unspecified atom stereocenters. The van der Waals surface area contributed by atoms with Crippen molar-refractivity contribution in [1.82, 2.24) is 24.8 Å². The lowest BCUT2D eigenvalue weighted by molar-refractivity contribution is -0.339. The first-order valence-electron chi connectivity index (χ1n) is 11.6. The van der Waals surface area contributed by atoms with Gasteiger partial charge in [-0.05, 0) is 32.2 Å². The third kappa shape index (κ3) is 10.2. The summed E-state index contributed by atoms with van der Waals surface area (Å²) in [5.41, 5.74) is 6.04. The van der Waals surface area contributed by atoms with Crippen LogP contribution in [0.15, 0.2) is 12.7 Å². The predicted molar refractivity (Wildman–Crippen MR) is 124 cm³/mol. The number of urea groups is 1. The van der Waals surface area contributed by atoms with E-state index >= 15 is 0 Å². The molecule has 0 saturated carbocycles. The Morgan fingerprint density at radius 2 is 1.79 bits per heavy atom. The Bertz CT molecular complexity index is 1270. The Morgan fingerprint density at radius 3 is 2.51 bits per heavy atom. The number of nitrogens with two attached hydrogens (primary N) is 1. The van der Waals surface area contributed by atoms with E-state index in [1.807, 2.05) is 0 Å². The number of anilines is 1. The van der Waals surface area contributed by atoms with E-state index in [4.69, 9.17) is 10.5 Å². The fourth-order valence-electron chi connectivity index (χ4n) is 3.60. The lowest BCUT2D eigenvalue weighted by atomic mass is 10.2. The van der Waals surface area contributed by atoms with Crippen LogP contribution in [0.1, 0.15) is 44.8 Å². The number of phosphoric ester groups is 1. The summed E-state index contributed by atoms with van der Waals surface area (Å²) in [5.74, 6) is 0.159. The number of amides is 2. The molecule has 1 aliphatic rings. The Balaban J connectivity index is 1.54. The SMILES string of the molecule is NCCCCCCNC(=O)Nc1ncnc2c1ncn2[C@H]1CC[C@@H](COP(=O)([O-])OP(=O)([O-])OP(=O)([O-])[O-])O1. The van der Waals surface area contributed by atoms with Gasteiger partial charge in [0.15, 0.2) is 17.0 Å². The number of nitrogens with one attached hydrogen (secondary N) is 2. The van der Waals surface area contributed by atoms with Crippen LogP contribution in [0.3, 0.4) is 0 Å².